The van der Waals surface area contributed by atoms with Crippen molar-refractivity contribution in [3.8, 4) is 5.75 Å². The summed E-state index contributed by atoms with van der Waals surface area (Å²) in [7, 11) is 3.37. The van der Waals surface area contributed by atoms with Crippen LogP contribution in [0.25, 0.3) is 0 Å². The fourth-order valence-corrected chi connectivity index (χ4v) is 2.41. The van der Waals surface area contributed by atoms with E-state index in [2.05, 4.69) is 5.32 Å². The number of nitrogens with one attached hydrogen (secondary N) is 1. The SMILES string of the molecule is CNC1CCCN(C(=O)c2cc(F)ccc2OC)C1.Cl. The minimum Gasteiger partial charge on any atom is -0.496 e. The van der Waals surface area contributed by atoms with Gasteiger partial charge in [-0.1, -0.05) is 0 Å². The van der Waals surface area contributed by atoms with Gasteiger partial charge < -0.3 is 15.0 Å². The van der Waals surface area contributed by atoms with Crippen molar-refractivity contribution in [3.05, 3.63) is 29.6 Å². The van der Waals surface area contributed by atoms with Gasteiger partial charge in [-0.05, 0) is 38.1 Å². The van der Waals surface area contributed by atoms with E-state index in [-0.39, 0.29) is 18.3 Å². The van der Waals surface area contributed by atoms with Crippen molar-refractivity contribution in [2.24, 2.45) is 0 Å². The Labute approximate surface area is 124 Å². The van der Waals surface area contributed by atoms with E-state index in [1.54, 1.807) is 4.90 Å². The van der Waals surface area contributed by atoms with Crippen molar-refractivity contribution in [3.63, 3.8) is 0 Å². The van der Waals surface area contributed by atoms with E-state index in [4.69, 9.17) is 4.74 Å². The zero-order valence-corrected chi connectivity index (χ0v) is 12.5. The Morgan fingerprint density at radius 2 is 2.25 bits per heavy atom. The largest absolute Gasteiger partial charge is 0.496 e. The van der Waals surface area contributed by atoms with Crippen molar-refractivity contribution in [2.75, 3.05) is 27.2 Å². The average molecular weight is 303 g/mol. The molecule has 0 radical (unpaired) electrons. The molecule has 0 saturated carbocycles. The van der Waals surface area contributed by atoms with Crippen LogP contribution in [-0.4, -0.2) is 44.1 Å². The summed E-state index contributed by atoms with van der Waals surface area (Å²) in [5, 5.41) is 3.18. The number of ether oxygens (including phenoxy) is 1. The van der Waals surface area contributed by atoms with E-state index in [9.17, 15) is 9.18 Å². The van der Waals surface area contributed by atoms with E-state index in [1.165, 1.54) is 25.3 Å². The Balaban J connectivity index is 0.00000200. The number of hydrogen-bond donors (Lipinski definition) is 1. The lowest BCUT2D eigenvalue weighted by Gasteiger charge is -2.32. The zero-order chi connectivity index (χ0) is 13.8. The third-order valence-corrected chi connectivity index (χ3v) is 3.51. The molecule has 1 unspecified atom stereocenters. The maximum Gasteiger partial charge on any atom is 0.257 e. The average Bonchev–Trinajstić information content (AvgIpc) is 2.46. The van der Waals surface area contributed by atoms with Gasteiger partial charge in [0.05, 0.1) is 12.7 Å². The molecule has 1 amide bonds. The van der Waals surface area contributed by atoms with Gasteiger partial charge in [0.1, 0.15) is 11.6 Å². The number of likely N-dealkylation sites (tertiary alicyclic amines) is 1. The van der Waals surface area contributed by atoms with Crippen LogP contribution in [0.5, 0.6) is 5.75 Å². The number of halogens is 2. The van der Waals surface area contributed by atoms with Crippen LogP contribution < -0.4 is 10.1 Å². The molecule has 1 N–H and O–H groups in total. The molecule has 1 aromatic rings. The van der Waals surface area contributed by atoms with Crippen molar-refractivity contribution in [1.29, 1.82) is 0 Å². The van der Waals surface area contributed by atoms with Crippen molar-refractivity contribution in [2.45, 2.75) is 18.9 Å². The predicted octanol–water partition coefficient (Wildman–Crippen LogP) is 2.08. The third-order valence-electron chi connectivity index (χ3n) is 3.51. The summed E-state index contributed by atoms with van der Waals surface area (Å²) in [6, 6.07) is 4.33. The summed E-state index contributed by atoms with van der Waals surface area (Å²) in [5.74, 6) is -0.180. The van der Waals surface area contributed by atoms with Crippen molar-refractivity contribution >= 4 is 18.3 Å². The van der Waals surface area contributed by atoms with Gasteiger partial charge >= 0.3 is 0 Å². The summed E-state index contributed by atoms with van der Waals surface area (Å²) < 4.78 is 18.5. The summed E-state index contributed by atoms with van der Waals surface area (Å²) in [6.45, 7) is 1.35. The Morgan fingerprint density at radius 1 is 1.50 bits per heavy atom. The number of carbonyl (C=O) groups excluding carboxylic acids is 1. The molecule has 1 heterocycles. The van der Waals surface area contributed by atoms with Crippen LogP contribution in [0.1, 0.15) is 23.2 Å². The number of rotatable bonds is 3. The van der Waals surface area contributed by atoms with Gasteiger partial charge in [0, 0.05) is 19.1 Å². The third kappa shape index (κ3) is 3.61. The van der Waals surface area contributed by atoms with Gasteiger partial charge in [-0.2, -0.15) is 0 Å². The van der Waals surface area contributed by atoms with E-state index < -0.39 is 5.82 Å². The van der Waals surface area contributed by atoms with Crippen molar-refractivity contribution < 1.29 is 13.9 Å². The Kier molecular flexibility index (Phi) is 6.23. The lowest BCUT2D eigenvalue weighted by atomic mass is 10.0. The van der Waals surface area contributed by atoms with Crippen LogP contribution in [0.15, 0.2) is 18.2 Å². The number of hydrogen-bond acceptors (Lipinski definition) is 3. The van der Waals surface area contributed by atoms with Gasteiger partial charge in [0.25, 0.3) is 5.91 Å². The molecule has 0 bridgehead atoms. The van der Waals surface area contributed by atoms with Crippen LogP contribution in [0.2, 0.25) is 0 Å². The molecule has 112 valence electrons. The summed E-state index contributed by atoms with van der Waals surface area (Å²) >= 11 is 0. The van der Waals surface area contributed by atoms with Crippen LogP contribution >= 0.6 is 12.4 Å². The molecule has 6 heteroatoms. The van der Waals surface area contributed by atoms with Gasteiger partial charge in [0.15, 0.2) is 0 Å². The lowest BCUT2D eigenvalue weighted by molar-refractivity contribution is 0.0694. The molecule has 20 heavy (non-hydrogen) atoms. The summed E-state index contributed by atoms with van der Waals surface area (Å²) in [5.41, 5.74) is 0.291. The second-order valence-electron chi connectivity index (χ2n) is 4.72. The second-order valence-corrected chi connectivity index (χ2v) is 4.72. The maximum atomic E-state index is 13.3. The van der Waals surface area contributed by atoms with Crippen molar-refractivity contribution in [1.82, 2.24) is 10.2 Å². The Bertz CT molecular complexity index is 470. The second kappa shape index (κ2) is 7.45. The molecule has 1 fully saturated rings. The first-order valence-corrected chi connectivity index (χ1v) is 6.45. The number of methoxy groups -OCH3 is 1. The van der Waals surface area contributed by atoms with Gasteiger partial charge in [-0.25, -0.2) is 4.39 Å². The van der Waals surface area contributed by atoms with Gasteiger partial charge in [-0.3, -0.25) is 4.79 Å². The number of likely N-dealkylation sites (N-methyl/N-ethyl adjacent to an activating group) is 1. The minimum atomic E-state index is -0.425. The Hall–Kier alpha value is -1.33. The van der Waals surface area contributed by atoms with Crippen LogP contribution in [0.4, 0.5) is 4.39 Å². The zero-order valence-electron chi connectivity index (χ0n) is 11.7. The molecule has 0 aliphatic carbocycles. The first-order valence-electron chi connectivity index (χ1n) is 6.45. The van der Waals surface area contributed by atoms with E-state index in [1.807, 2.05) is 7.05 Å². The molecule has 0 aromatic heterocycles. The number of amides is 1. The topological polar surface area (TPSA) is 41.6 Å². The highest BCUT2D eigenvalue weighted by Crippen LogP contribution is 2.22. The fourth-order valence-electron chi connectivity index (χ4n) is 2.41. The smallest absolute Gasteiger partial charge is 0.257 e. The highest BCUT2D eigenvalue weighted by molar-refractivity contribution is 5.97. The monoisotopic (exact) mass is 302 g/mol. The van der Waals surface area contributed by atoms with E-state index >= 15 is 0 Å². The standard InChI is InChI=1S/C14H19FN2O2.ClH/c1-16-11-4-3-7-17(9-11)14(18)12-8-10(15)5-6-13(12)19-2;/h5-6,8,11,16H,3-4,7,9H2,1-2H3;1H. The molecule has 1 saturated heterocycles. The molecule has 2 rings (SSSR count). The summed E-state index contributed by atoms with van der Waals surface area (Å²) in [4.78, 5) is 14.2. The maximum absolute atomic E-state index is 13.3. The lowest BCUT2D eigenvalue weighted by Crippen LogP contribution is -2.47. The molecule has 1 atom stereocenters. The molecule has 1 aliphatic heterocycles. The quantitative estimate of drug-likeness (QED) is 0.929. The summed E-state index contributed by atoms with van der Waals surface area (Å²) in [6.07, 6.45) is 2.01. The molecule has 4 nitrogen and oxygen atoms in total. The fraction of sp³-hybridized carbons (Fsp3) is 0.500. The van der Waals surface area contributed by atoms with Crippen LogP contribution in [-0.2, 0) is 0 Å². The molecule has 1 aliphatic rings. The molecule has 0 spiro atoms. The first-order chi connectivity index (χ1) is 9.15. The van der Waals surface area contributed by atoms with Gasteiger partial charge in [0.2, 0.25) is 0 Å². The first kappa shape index (κ1) is 16.7. The normalized spacial score (nSPS) is 18.4. The number of nitrogens with zero attached hydrogens (tertiary/aromatic N) is 1. The van der Waals surface area contributed by atoms with E-state index in [0.29, 0.717) is 30.4 Å². The Morgan fingerprint density at radius 3 is 2.90 bits per heavy atom. The highest BCUT2D eigenvalue weighted by Gasteiger charge is 2.25. The molecular formula is C14H20ClFN2O2. The van der Waals surface area contributed by atoms with E-state index in [0.717, 1.165) is 12.8 Å². The number of piperidine rings is 1. The molecule has 1 aromatic carbocycles. The molecular weight excluding hydrogens is 283 g/mol. The van der Waals surface area contributed by atoms with Crippen LogP contribution in [0, 0.1) is 5.82 Å². The number of carbonyl (C=O) groups is 1. The minimum absolute atomic E-state index is 0. The van der Waals surface area contributed by atoms with Crippen LogP contribution in [0.3, 0.4) is 0 Å². The van der Waals surface area contributed by atoms with Gasteiger partial charge in [-0.15, -0.1) is 12.4 Å². The highest BCUT2D eigenvalue weighted by atomic mass is 35.5. The predicted molar refractivity (Wildman–Crippen MR) is 78.2 cm³/mol. The number of benzene rings is 1.